The Morgan fingerprint density at radius 3 is 1.63 bits per heavy atom. The van der Waals surface area contributed by atoms with Crippen LogP contribution in [0.4, 0.5) is 0 Å². The van der Waals surface area contributed by atoms with Crippen LogP contribution < -0.4 is 4.74 Å². The normalized spacial score (nSPS) is 11.7. The van der Waals surface area contributed by atoms with E-state index < -0.39 is 8.32 Å². The van der Waals surface area contributed by atoms with Crippen molar-refractivity contribution < 1.29 is 14.0 Å². The highest BCUT2D eigenvalue weighted by molar-refractivity contribution is 8.13. The van der Waals surface area contributed by atoms with Crippen LogP contribution in [0.25, 0.3) is 0 Å². The fraction of sp³-hybridized carbons (Fsp3) is 0.788. The van der Waals surface area contributed by atoms with E-state index in [1.807, 2.05) is 30.3 Å². The van der Waals surface area contributed by atoms with Gasteiger partial charge in [-0.25, -0.2) is 0 Å². The molecule has 0 radical (unpaired) electrons. The number of carbonyl (C=O) groups is 1. The number of ether oxygens (including phenoxy) is 1. The first-order chi connectivity index (χ1) is 18.7. The summed E-state index contributed by atoms with van der Waals surface area (Å²) in [6, 6.07) is 13.4. The molecule has 1 aromatic carbocycles. The minimum absolute atomic E-state index is 0.128. The smallest absolute Gasteiger partial charge is 0.226 e. The Labute approximate surface area is 241 Å². The summed E-state index contributed by atoms with van der Waals surface area (Å²) in [4.78, 5) is 12.4. The first kappa shape index (κ1) is 35.2. The first-order valence-corrected chi connectivity index (χ1v) is 19.6. The summed E-state index contributed by atoms with van der Waals surface area (Å²) in [5.74, 6) is 1.65. The van der Waals surface area contributed by atoms with Crippen LogP contribution in [0, 0.1) is 0 Å². The second kappa shape index (κ2) is 25.2. The summed E-state index contributed by atoms with van der Waals surface area (Å²) in [5, 5.41) is 0.128. The molecule has 220 valence electrons. The van der Waals surface area contributed by atoms with Crippen LogP contribution in [0.2, 0.25) is 18.1 Å². The van der Waals surface area contributed by atoms with E-state index in [0.29, 0.717) is 0 Å². The molecular formula is C33H60O3SSi. The summed E-state index contributed by atoms with van der Waals surface area (Å²) in [5.41, 5.74) is 0. The summed E-state index contributed by atoms with van der Waals surface area (Å²) >= 11 is 1.44. The fourth-order valence-corrected chi connectivity index (χ4v) is 10.7. The second-order valence-corrected chi connectivity index (χ2v) is 16.3. The van der Waals surface area contributed by atoms with E-state index in [2.05, 4.69) is 20.8 Å². The zero-order valence-corrected chi connectivity index (χ0v) is 27.1. The van der Waals surface area contributed by atoms with E-state index in [1.54, 1.807) is 0 Å². The molecule has 0 atom stereocenters. The summed E-state index contributed by atoms with van der Waals surface area (Å²) in [7, 11) is -1.76. The lowest BCUT2D eigenvalue weighted by Gasteiger charge is -2.32. The lowest BCUT2D eigenvalue weighted by molar-refractivity contribution is -0.112. The third-order valence-corrected chi connectivity index (χ3v) is 13.2. The molecule has 38 heavy (non-hydrogen) atoms. The van der Waals surface area contributed by atoms with Gasteiger partial charge in [-0.1, -0.05) is 147 Å². The van der Waals surface area contributed by atoms with Crippen molar-refractivity contribution in [1.29, 1.82) is 0 Å². The third kappa shape index (κ3) is 19.3. The van der Waals surface area contributed by atoms with Crippen molar-refractivity contribution in [3.8, 4) is 5.75 Å². The number of rotatable bonds is 27. The first-order valence-electron chi connectivity index (χ1n) is 16.1. The van der Waals surface area contributed by atoms with Gasteiger partial charge < -0.3 is 9.16 Å². The number of carbonyl (C=O) groups excluding carboxylic acids is 1. The van der Waals surface area contributed by atoms with Gasteiger partial charge in [-0.05, 0) is 43.6 Å². The summed E-state index contributed by atoms with van der Waals surface area (Å²) in [6.45, 7) is 7.76. The fourth-order valence-electron chi connectivity index (χ4n) is 5.34. The van der Waals surface area contributed by atoms with Crippen molar-refractivity contribution in [2.75, 3.05) is 19.0 Å². The molecule has 0 saturated carbocycles. The lowest BCUT2D eigenvalue weighted by atomic mass is 10.1. The van der Waals surface area contributed by atoms with Crippen LogP contribution in [0.1, 0.15) is 130 Å². The summed E-state index contributed by atoms with van der Waals surface area (Å²) < 4.78 is 12.3. The summed E-state index contributed by atoms with van der Waals surface area (Å²) in [6.07, 6.45) is 23.0. The van der Waals surface area contributed by atoms with Crippen LogP contribution in [-0.4, -0.2) is 32.4 Å². The average Bonchev–Trinajstić information content (AvgIpc) is 2.93. The Balaban J connectivity index is 2.45. The van der Waals surface area contributed by atoms with Crippen LogP contribution in [0.5, 0.6) is 5.75 Å². The SMILES string of the molecule is CCCCCCCCCC[Si](CCCCCCCCCC)(CCCSC(=O)COc1ccccc1)OCC. The zero-order chi connectivity index (χ0) is 27.6. The minimum Gasteiger partial charge on any atom is -0.485 e. The van der Waals surface area contributed by atoms with E-state index in [-0.39, 0.29) is 11.7 Å². The Kier molecular flexibility index (Phi) is 23.4. The maximum absolute atomic E-state index is 12.4. The van der Waals surface area contributed by atoms with E-state index >= 15 is 0 Å². The molecule has 0 saturated heterocycles. The molecule has 0 bridgehead atoms. The number of unbranched alkanes of at least 4 members (excludes halogenated alkanes) is 14. The molecule has 0 unspecified atom stereocenters. The molecule has 0 aromatic heterocycles. The lowest BCUT2D eigenvalue weighted by Crippen LogP contribution is -2.38. The zero-order valence-electron chi connectivity index (χ0n) is 25.3. The van der Waals surface area contributed by atoms with E-state index in [4.69, 9.17) is 9.16 Å². The van der Waals surface area contributed by atoms with E-state index in [1.165, 1.54) is 133 Å². The molecule has 0 N–H and O–H groups in total. The third-order valence-electron chi connectivity index (χ3n) is 7.56. The van der Waals surface area contributed by atoms with Gasteiger partial charge in [0.25, 0.3) is 0 Å². The van der Waals surface area contributed by atoms with Gasteiger partial charge in [0.05, 0.1) is 0 Å². The van der Waals surface area contributed by atoms with Gasteiger partial charge in [0.2, 0.25) is 5.12 Å². The largest absolute Gasteiger partial charge is 0.485 e. The Bertz CT molecular complexity index is 635. The average molecular weight is 565 g/mol. The van der Waals surface area contributed by atoms with Crippen molar-refractivity contribution >= 4 is 25.2 Å². The predicted octanol–water partition coefficient (Wildman–Crippen LogP) is 11.0. The molecule has 0 aliphatic heterocycles. The van der Waals surface area contributed by atoms with Crippen molar-refractivity contribution in [3.63, 3.8) is 0 Å². The quantitative estimate of drug-likeness (QED) is 0.0786. The molecule has 5 heteroatoms. The van der Waals surface area contributed by atoms with Gasteiger partial charge in [-0.2, -0.15) is 0 Å². The number of thioether (sulfide) groups is 1. The van der Waals surface area contributed by atoms with Gasteiger partial charge in [-0.15, -0.1) is 0 Å². The number of para-hydroxylation sites is 1. The molecular weight excluding hydrogens is 505 g/mol. The predicted molar refractivity (Wildman–Crippen MR) is 171 cm³/mol. The maximum Gasteiger partial charge on any atom is 0.226 e. The molecule has 0 heterocycles. The van der Waals surface area contributed by atoms with Crippen molar-refractivity contribution in [1.82, 2.24) is 0 Å². The van der Waals surface area contributed by atoms with E-state index in [9.17, 15) is 4.79 Å². The van der Waals surface area contributed by atoms with Gasteiger partial charge in [0, 0.05) is 12.4 Å². The Morgan fingerprint density at radius 1 is 0.658 bits per heavy atom. The van der Waals surface area contributed by atoms with Gasteiger partial charge in [0.15, 0.2) is 14.9 Å². The molecule has 0 fully saturated rings. The monoisotopic (exact) mass is 564 g/mol. The highest BCUT2D eigenvalue weighted by Crippen LogP contribution is 2.31. The number of hydrogen-bond acceptors (Lipinski definition) is 4. The highest BCUT2D eigenvalue weighted by atomic mass is 32.2. The second-order valence-electron chi connectivity index (χ2n) is 11.0. The Hall–Kier alpha value is -0.783. The van der Waals surface area contributed by atoms with Gasteiger partial charge in [-0.3, -0.25) is 4.79 Å². The Morgan fingerprint density at radius 2 is 1.13 bits per heavy atom. The minimum atomic E-state index is -1.76. The molecule has 1 aromatic rings. The van der Waals surface area contributed by atoms with E-state index in [0.717, 1.165) is 24.5 Å². The van der Waals surface area contributed by atoms with Crippen LogP contribution >= 0.6 is 11.8 Å². The van der Waals surface area contributed by atoms with Crippen molar-refractivity contribution in [3.05, 3.63) is 30.3 Å². The van der Waals surface area contributed by atoms with Crippen molar-refractivity contribution in [2.45, 2.75) is 148 Å². The topological polar surface area (TPSA) is 35.5 Å². The number of hydrogen-bond donors (Lipinski definition) is 0. The van der Waals surface area contributed by atoms with Crippen LogP contribution in [0.3, 0.4) is 0 Å². The van der Waals surface area contributed by atoms with Gasteiger partial charge >= 0.3 is 0 Å². The molecule has 0 aliphatic carbocycles. The van der Waals surface area contributed by atoms with Crippen LogP contribution in [0.15, 0.2) is 30.3 Å². The van der Waals surface area contributed by atoms with Gasteiger partial charge in [0.1, 0.15) is 5.75 Å². The standard InChI is InChI=1S/C33H60O3SSi/c1-4-7-9-11-13-15-17-22-28-38(36-6-3,29-23-18-16-14-12-10-8-5-2)30-24-27-37-33(34)31-35-32-25-20-19-21-26-32/h19-21,25-26H,4-18,22-24,27-31H2,1-3H3. The molecule has 0 spiro atoms. The molecule has 0 aliphatic rings. The van der Waals surface area contributed by atoms with Crippen molar-refractivity contribution in [2.24, 2.45) is 0 Å². The molecule has 0 amide bonds. The number of benzene rings is 1. The van der Waals surface area contributed by atoms with Crippen LogP contribution in [-0.2, 0) is 9.22 Å². The highest BCUT2D eigenvalue weighted by Gasteiger charge is 2.33. The molecule has 1 rings (SSSR count). The molecule has 3 nitrogen and oxygen atoms in total. The maximum atomic E-state index is 12.4.